The molecule has 1 aromatic carbocycles. The van der Waals surface area contributed by atoms with E-state index in [1.165, 1.54) is 0 Å². The zero-order valence-electron chi connectivity index (χ0n) is 19.5. The third-order valence-electron chi connectivity index (χ3n) is 4.46. The minimum Gasteiger partial charge on any atom is -0.481 e. The van der Waals surface area contributed by atoms with E-state index in [0.29, 0.717) is 11.8 Å². The standard InChI is InChI=1S/C17H25NO3.C7H14O2/c1-12(2)10-13(3)16(19)18-14(4)17(20)21-11-15-8-6-5-7-9-15;1-5(2)4-6(3)7(8)9/h5-9,12-14H,10-11H2,1-4H3,(H,18,19);5-6H,4H2,1-3H3,(H,8,9)/t13-,14-;6-/m00/s1. The molecular weight excluding hydrogens is 382 g/mol. The summed E-state index contributed by atoms with van der Waals surface area (Å²) in [6, 6.07) is 8.84. The van der Waals surface area contributed by atoms with Gasteiger partial charge in [-0.3, -0.25) is 9.59 Å². The van der Waals surface area contributed by atoms with Crippen LogP contribution in [0.1, 0.15) is 66.9 Å². The molecule has 0 aliphatic carbocycles. The van der Waals surface area contributed by atoms with Gasteiger partial charge in [-0.15, -0.1) is 0 Å². The predicted molar refractivity (Wildman–Crippen MR) is 119 cm³/mol. The van der Waals surface area contributed by atoms with Crippen LogP contribution in [0, 0.1) is 23.7 Å². The molecule has 2 N–H and O–H groups in total. The summed E-state index contributed by atoms with van der Waals surface area (Å²) in [7, 11) is 0. The van der Waals surface area contributed by atoms with Gasteiger partial charge in [-0.1, -0.05) is 71.9 Å². The number of ether oxygens (including phenoxy) is 1. The minimum absolute atomic E-state index is 0.102. The first kappa shape index (κ1) is 27.6. The highest BCUT2D eigenvalue weighted by atomic mass is 16.5. The summed E-state index contributed by atoms with van der Waals surface area (Å²) in [5.41, 5.74) is 0.928. The Morgan fingerprint density at radius 1 is 0.867 bits per heavy atom. The van der Waals surface area contributed by atoms with Crippen molar-refractivity contribution >= 4 is 17.8 Å². The van der Waals surface area contributed by atoms with Crippen LogP contribution in [-0.2, 0) is 25.7 Å². The molecule has 0 radical (unpaired) electrons. The summed E-state index contributed by atoms with van der Waals surface area (Å²) in [5.74, 6) is -0.568. The maximum absolute atomic E-state index is 11.9. The van der Waals surface area contributed by atoms with E-state index in [0.717, 1.165) is 18.4 Å². The van der Waals surface area contributed by atoms with Gasteiger partial charge in [0, 0.05) is 5.92 Å². The average molecular weight is 422 g/mol. The molecule has 3 atom stereocenters. The van der Waals surface area contributed by atoms with Crippen molar-refractivity contribution in [2.45, 2.75) is 74.0 Å². The Hall–Kier alpha value is -2.37. The van der Waals surface area contributed by atoms with E-state index in [1.807, 2.05) is 51.1 Å². The van der Waals surface area contributed by atoms with Crippen molar-refractivity contribution in [2.24, 2.45) is 23.7 Å². The van der Waals surface area contributed by atoms with Gasteiger partial charge >= 0.3 is 11.9 Å². The number of amides is 1. The Morgan fingerprint density at radius 3 is 1.80 bits per heavy atom. The largest absolute Gasteiger partial charge is 0.481 e. The van der Waals surface area contributed by atoms with Crippen LogP contribution in [0.25, 0.3) is 0 Å². The molecule has 0 saturated heterocycles. The molecule has 1 aromatic rings. The van der Waals surface area contributed by atoms with E-state index < -0.39 is 18.0 Å². The van der Waals surface area contributed by atoms with Crippen LogP contribution in [0.2, 0.25) is 0 Å². The van der Waals surface area contributed by atoms with Crippen molar-refractivity contribution in [2.75, 3.05) is 0 Å². The topological polar surface area (TPSA) is 92.7 Å². The van der Waals surface area contributed by atoms with Crippen LogP contribution in [0.3, 0.4) is 0 Å². The van der Waals surface area contributed by atoms with Crippen LogP contribution in [0.5, 0.6) is 0 Å². The SMILES string of the molecule is CC(C)C[C@H](C)C(=O)N[C@@H](C)C(=O)OCc1ccccc1.CC(C)C[C@H](C)C(=O)O. The van der Waals surface area contributed by atoms with Crippen molar-refractivity contribution in [1.82, 2.24) is 5.32 Å². The molecule has 0 spiro atoms. The molecule has 6 nitrogen and oxygen atoms in total. The second-order valence-corrected chi connectivity index (χ2v) is 8.72. The van der Waals surface area contributed by atoms with E-state index in [-0.39, 0.29) is 24.3 Å². The van der Waals surface area contributed by atoms with Crippen molar-refractivity contribution in [3.63, 3.8) is 0 Å². The Balaban J connectivity index is 0.000000787. The summed E-state index contributed by atoms with van der Waals surface area (Å²) in [6.45, 7) is 13.7. The van der Waals surface area contributed by atoms with Gasteiger partial charge in [0.2, 0.25) is 5.91 Å². The van der Waals surface area contributed by atoms with Gasteiger partial charge < -0.3 is 15.2 Å². The van der Waals surface area contributed by atoms with Gasteiger partial charge in [0.1, 0.15) is 12.6 Å². The first-order chi connectivity index (χ1) is 13.9. The van der Waals surface area contributed by atoms with Crippen LogP contribution >= 0.6 is 0 Å². The molecule has 0 aliphatic heterocycles. The monoisotopic (exact) mass is 421 g/mol. The Labute approximate surface area is 181 Å². The highest BCUT2D eigenvalue weighted by molar-refractivity contribution is 5.85. The second kappa shape index (κ2) is 14.6. The van der Waals surface area contributed by atoms with Crippen molar-refractivity contribution < 1.29 is 24.2 Å². The zero-order valence-corrected chi connectivity index (χ0v) is 19.5. The van der Waals surface area contributed by atoms with Gasteiger partial charge in [0.15, 0.2) is 0 Å². The predicted octanol–water partition coefficient (Wildman–Crippen LogP) is 4.67. The normalized spacial score (nSPS) is 13.6. The number of benzene rings is 1. The van der Waals surface area contributed by atoms with Gasteiger partial charge in [-0.05, 0) is 37.2 Å². The average Bonchev–Trinajstić information content (AvgIpc) is 2.66. The maximum Gasteiger partial charge on any atom is 0.328 e. The van der Waals surface area contributed by atoms with Crippen LogP contribution in [0.4, 0.5) is 0 Å². The van der Waals surface area contributed by atoms with E-state index in [4.69, 9.17) is 9.84 Å². The molecule has 0 aliphatic rings. The highest BCUT2D eigenvalue weighted by Crippen LogP contribution is 2.11. The molecule has 0 saturated carbocycles. The quantitative estimate of drug-likeness (QED) is 0.536. The summed E-state index contributed by atoms with van der Waals surface area (Å²) in [6.07, 6.45) is 1.58. The number of hydrogen-bond acceptors (Lipinski definition) is 4. The van der Waals surface area contributed by atoms with E-state index in [2.05, 4.69) is 19.2 Å². The van der Waals surface area contributed by atoms with Crippen LogP contribution < -0.4 is 5.32 Å². The number of esters is 1. The van der Waals surface area contributed by atoms with E-state index >= 15 is 0 Å². The van der Waals surface area contributed by atoms with E-state index in [9.17, 15) is 14.4 Å². The van der Waals surface area contributed by atoms with Crippen molar-refractivity contribution in [1.29, 1.82) is 0 Å². The lowest BCUT2D eigenvalue weighted by atomic mass is 9.98. The van der Waals surface area contributed by atoms with E-state index in [1.54, 1.807) is 13.8 Å². The Morgan fingerprint density at radius 2 is 1.37 bits per heavy atom. The number of nitrogens with one attached hydrogen (secondary N) is 1. The number of hydrogen-bond donors (Lipinski definition) is 2. The van der Waals surface area contributed by atoms with Gasteiger partial charge in [-0.2, -0.15) is 0 Å². The molecule has 0 unspecified atom stereocenters. The fourth-order valence-electron chi connectivity index (χ4n) is 2.89. The molecule has 0 bridgehead atoms. The third-order valence-corrected chi connectivity index (χ3v) is 4.46. The Kier molecular flexibility index (Phi) is 13.4. The second-order valence-electron chi connectivity index (χ2n) is 8.72. The number of carboxylic acid groups (broad SMARTS) is 1. The summed E-state index contributed by atoms with van der Waals surface area (Å²) >= 11 is 0. The fourth-order valence-corrected chi connectivity index (χ4v) is 2.89. The first-order valence-electron chi connectivity index (χ1n) is 10.7. The molecule has 6 heteroatoms. The highest BCUT2D eigenvalue weighted by Gasteiger charge is 2.21. The molecule has 170 valence electrons. The van der Waals surface area contributed by atoms with Crippen molar-refractivity contribution in [3.8, 4) is 0 Å². The number of aliphatic carboxylic acids is 1. The van der Waals surface area contributed by atoms with Crippen LogP contribution in [-0.4, -0.2) is 29.0 Å². The number of carboxylic acids is 1. The number of carbonyl (C=O) groups excluding carboxylic acids is 2. The fraction of sp³-hybridized carbons (Fsp3) is 0.625. The third kappa shape index (κ3) is 13.0. The molecule has 0 fully saturated rings. The van der Waals surface area contributed by atoms with Crippen molar-refractivity contribution in [3.05, 3.63) is 35.9 Å². The lowest BCUT2D eigenvalue weighted by Gasteiger charge is -2.18. The Bertz CT molecular complexity index is 642. The minimum atomic E-state index is -0.691. The molecular formula is C24H39NO5. The van der Waals surface area contributed by atoms with Gasteiger partial charge in [0.25, 0.3) is 0 Å². The first-order valence-corrected chi connectivity index (χ1v) is 10.7. The maximum atomic E-state index is 11.9. The van der Waals surface area contributed by atoms with Crippen LogP contribution in [0.15, 0.2) is 30.3 Å². The number of rotatable bonds is 10. The zero-order chi connectivity index (χ0) is 23.3. The molecule has 1 rings (SSSR count). The van der Waals surface area contributed by atoms with Gasteiger partial charge in [-0.25, -0.2) is 4.79 Å². The lowest BCUT2D eigenvalue weighted by molar-refractivity contribution is -0.149. The number of carbonyl (C=O) groups is 3. The smallest absolute Gasteiger partial charge is 0.328 e. The summed E-state index contributed by atoms with van der Waals surface area (Å²) < 4.78 is 5.20. The molecule has 0 aromatic heterocycles. The summed E-state index contributed by atoms with van der Waals surface area (Å²) in [5, 5.41) is 11.1. The van der Waals surface area contributed by atoms with Gasteiger partial charge in [0.05, 0.1) is 5.92 Å². The lowest BCUT2D eigenvalue weighted by Crippen LogP contribution is -2.42. The molecule has 0 heterocycles. The summed E-state index contributed by atoms with van der Waals surface area (Å²) in [4.78, 5) is 34.0. The molecule has 30 heavy (non-hydrogen) atoms. The molecule has 1 amide bonds.